The largest absolute Gasteiger partial charge is 0.478 e. The summed E-state index contributed by atoms with van der Waals surface area (Å²) in [7, 11) is 1.62. The zero-order valence-corrected chi connectivity index (χ0v) is 19.9. The van der Waals surface area contributed by atoms with E-state index in [0.717, 1.165) is 25.3 Å². The minimum absolute atomic E-state index is 0.0730. The second kappa shape index (κ2) is 19.7. The van der Waals surface area contributed by atoms with E-state index in [-0.39, 0.29) is 24.2 Å². The highest BCUT2D eigenvalue weighted by Gasteiger charge is 2.00. The molecule has 0 radical (unpaired) electrons. The van der Waals surface area contributed by atoms with Crippen LogP contribution in [0.1, 0.15) is 46.0 Å². The Morgan fingerprint density at radius 2 is 1.64 bits per heavy atom. The van der Waals surface area contributed by atoms with E-state index in [2.05, 4.69) is 25.2 Å². The number of carbonyl (C=O) groups is 2. The minimum Gasteiger partial charge on any atom is -0.478 e. The number of hydrogen-bond donors (Lipinski definition) is 3. The van der Waals surface area contributed by atoms with Crippen LogP contribution in [0.15, 0.2) is 84.1 Å². The van der Waals surface area contributed by atoms with Crippen LogP contribution in [-0.2, 0) is 14.3 Å². The molecule has 0 spiro atoms. The Hall–Kier alpha value is -2.96. The Morgan fingerprint density at radius 3 is 2.27 bits per heavy atom. The van der Waals surface area contributed by atoms with Gasteiger partial charge in [0, 0.05) is 25.4 Å². The van der Waals surface area contributed by atoms with E-state index in [0.29, 0.717) is 18.4 Å². The van der Waals surface area contributed by atoms with Gasteiger partial charge >= 0.3 is 11.9 Å². The fourth-order valence-corrected chi connectivity index (χ4v) is 2.59. The number of aliphatic carboxylic acids is 2. The number of hydrogen-bond acceptors (Lipinski definition) is 4. The van der Waals surface area contributed by atoms with Crippen molar-refractivity contribution in [3.63, 3.8) is 0 Å². The van der Waals surface area contributed by atoms with Crippen molar-refractivity contribution in [1.29, 1.82) is 0 Å². The normalized spacial score (nSPS) is 15.5. The number of carboxylic acids is 2. The lowest BCUT2D eigenvalue weighted by Gasteiger charge is -2.06. The highest BCUT2D eigenvalue weighted by Crippen LogP contribution is 2.10. The van der Waals surface area contributed by atoms with E-state index in [9.17, 15) is 9.59 Å². The Bertz CT molecular complexity index is 780. The third-order valence-corrected chi connectivity index (χ3v) is 4.59. The number of unbranched alkanes of at least 4 members (excludes halogenated alkanes) is 1. The Morgan fingerprint density at radius 1 is 0.939 bits per heavy atom. The zero-order chi connectivity index (χ0) is 24.9. The van der Waals surface area contributed by atoms with Gasteiger partial charge in [-0.1, -0.05) is 73.8 Å². The van der Waals surface area contributed by atoms with Crippen molar-refractivity contribution in [2.24, 2.45) is 5.92 Å². The van der Waals surface area contributed by atoms with Gasteiger partial charge in [0.1, 0.15) is 0 Å². The van der Waals surface area contributed by atoms with Gasteiger partial charge in [-0.05, 0) is 50.5 Å². The fourth-order valence-electron chi connectivity index (χ4n) is 2.59. The Labute approximate surface area is 197 Å². The molecule has 0 saturated carbocycles. The van der Waals surface area contributed by atoms with E-state index >= 15 is 0 Å². The molecule has 0 aromatic rings. The summed E-state index contributed by atoms with van der Waals surface area (Å²) in [5, 5.41) is 26.6. The lowest BCUT2D eigenvalue weighted by Crippen LogP contribution is -2.04. The average molecular weight is 459 g/mol. The molecular formula is C27H38O6. The fraction of sp³-hybridized carbons (Fsp3) is 0.407. The van der Waals surface area contributed by atoms with Crippen molar-refractivity contribution in [3.05, 3.63) is 84.1 Å². The maximum atomic E-state index is 10.8. The van der Waals surface area contributed by atoms with E-state index in [1.54, 1.807) is 32.3 Å². The van der Waals surface area contributed by atoms with Crippen molar-refractivity contribution in [1.82, 2.24) is 0 Å². The molecule has 3 N–H and O–H groups in total. The topological polar surface area (TPSA) is 104 Å². The second-order valence-electron chi connectivity index (χ2n) is 7.56. The molecule has 33 heavy (non-hydrogen) atoms. The molecule has 2 atom stereocenters. The molecule has 0 aliphatic heterocycles. The first-order valence-electron chi connectivity index (χ1n) is 11.1. The van der Waals surface area contributed by atoms with E-state index < -0.39 is 11.9 Å². The first-order valence-corrected chi connectivity index (χ1v) is 11.1. The van der Waals surface area contributed by atoms with Gasteiger partial charge in [0.2, 0.25) is 0 Å². The molecular weight excluding hydrogens is 420 g/mol. The summed E-state index contributed by atoms with van der Waals surface area (Å²) in [6, 6.07) is 0. The molecule has 0 saturated heterocycles. The van der Waals surface area contributed by atoms with Crippen molar-refractivity contribution in [2.75, 3.05) is 13.7 Å². The molecule has 0 aliphatic rings. The molecule has 0 heterocycles. The van der Waals surface area contributed by atoms with E-state index in [1.807, 2.05) is 30.4 Å². The summed E-state index contributed by atoms with van der Waals surface area (Å²) >= 11 is 0. The minimum atomic E-state index is -1.01. The summed E-state index contributed by atoms with van der Waals surface area (Å²) in [5.41, 5.74) is 0.886. The molecule has 0 aliphatic carbocycles. The molecule has 0 amide bonds. The van der Waals surface area contributed by atoms with Crippen LogP contribution in [0.25, 0.3) is 0 Å². The van der Waals surface area contributed by atoms with E-state index in [4.69, 9.17) is 20.1 Å². The SMILES string of the molecule is CO[C@@H](/C=C\C=C(/C)C(=O)O)C/C=C\C=C\CC/C=C/C[C@H](C)/C=C/C(=C\C(=O)O)CCO. The van der Waals surface area contributed by atoms with Crippen molar-refractivity contribution in [2.45, 2.75) is 52.1 Å². The monoisotopic (exact) mass is 458 g/mol. The smallest absolute Gasteiger partial charge is 0.331 e. The predicted octanol–water partition coefficient (Wildman–Crippen LogP) is 5.40. The van der Waals surface area contributed by atoms with Crippen LogP contribution in [0.5, 0.6) is 0 Å². The van der Waals surface area contributed by atoms with Gasteiger partial charge in [-0.15, -0.1) is 0 Å². The molecule has 6 nitrogen and oxygen atoms in total. The quantitative estimate of drug-likeness (QED) is 0.117. The van der Waals surface area contributed by atoms with Gasteiger partial charge < -0.3 is 20.1 Å². The number of carboxylic acid groups (broad SMARTS) is 2. The standard InChI is InChI=1S/C27H38O6/c1-22(17-18-24(19-20-28)21-26(29)30)13-10-8-6-4-5-7-9-11-15-25(33-3)16-12-14-23(2)27(31)32/h5,7-12,14,16-18,21-22,25,28H,4,6,13,15,19-20H2,1-3H3,(H,29,30)(H,31,32)/b7-5+,10-8+,11-9-,16-12-,18-17+,23-14+,24-21+/t22-,25+/m0/s1. The summed E-state index contributed by atoms with van der Waals surface area (Å²) in [4.78, 5) is 21.5. The molecule has 0 rings (SSSR count). The Kier molecular flexibility index (Phi) is 17.9. The average Bonchev–Trinajstić information content (AvgIpc) is 2.76. The van der Waals surface area contributed by atoms with Crippen LogP contribution in [0, 0.1) is 5.92 Å². The number of aliphatic hydroxyl groups is 1. The molecule has 0 fully saturated rings. The first-order chi connectivity index (χ1) is 15.8. The van der Waals surface area contributed by atoms with Gasteiger partial charge in [-0.25, -0.2) is 9.59 Å². The van der Waals surface area contributed by atoms with Crippen LogP contribution >= 0.6 is 0 Å². The summed E-state index contributed by atoms with van der Waals surface area (Å²) in [6.07, 6.45) is 26.0. The first kappa shape index (κ1) is 30.0. The zero-order valence-electron chi connectivity index (χ0n) is 19.9. The lowest BCUT2D eigenvalue weighted by atomic mass is 10.0. The number of allylic oxidation sites excluding steroid dienone is 9. The van der Waals surface area contributed by atoms with Crippen LogP contribution in [0.3, 0.4) is 0 Å². The number of methoxy groups -OCH3 is 1. The molecule has 0 aromatic carbocycles. The van der Waals surface area contributed by atoms with Crippen molar-refractivity contribution < 1.29 is 29.6 Å². The maximum absolute atomic E-state index is 10.8. The van der Waals surface area contributed by atoms with Gasteiger partial charge in [0.25, 0.3) is 0 Å². The van der Waals surface area contributed by atoms with Gasteiger partial charge in [-0.2, -0.15) is 0 Å². The number of ether oxygens (including phenoxy) is 1. The van der Waals surface area contributed by atoms with Crippen LogP contribution in [-0.4, -0.2) is 47.1 Å². The molecule has 0 unspecified atom stereocenters. The van der Waals surface area contributed by atoms with Gasteiger partial charge in [0.15, 0.2) is 0 Å². The van der Waals surface area contributed by atoms with Crippen LogP contribution in [0.4, 0.5) is 0 Å². The van der Waals surface area contributed by atoms with E-state index in [1.165, 1.54) is 0 Å². The third kappa shape index (κ3) is 18.3. The maximum Gasteiger partial charge on any atom is 0.331 e. The van der Waals surface area contributed by atoms with Crippen molar-refractivity contribution >= 4 is 11.9 Å². The molecule has 6 heteroatoms. The van der Waals surface area contributed by atoms with Gasteiger partial charge in [-0.3, -0.25) is 0 Å². The van der Waals surface area contributed by atoms with Gasteiger partial charge in [0.05, 0.1) is 6.10 Å². The highest BCUT2D eigenvalue weighted by atomic mass is 16.5. The molecule has 182 valence electrons. The predicted molar refractivity (Wildman–Crippen MR) is 133 cm³/mol. The summed E-state index contributed by atoms with van der Waals surface area (Å²) < 4.78 is 5.35. The second-order valence-corrected chi connectivity index (χ2v) is 7.56. The summed E-state index contributed by atoms with van der Waals surface area (Å²) in [6.45, 7) is 3.54. The van der Waals surface area contributed by atoms with Crippen molar-refractivity contribution in [3.8, 4) is 0 Å². The molecule has 0 aromatic heterocycles. The highest BCUT2D eigenvalue weighted by molar-refractivity contribution is 5.86. The van der Waals surface area contributed by atoms with Crippen LogP contribution in [0.2, 0.25) is 0 Å². The third-order valence-electron chi connectivity index (χ3n) is 4.59. The van der Waals surface area contributed by atoms with Crippen LogP contribution < -0.4 is 0 Å². The lowest BCUT2D eigenvalue weighted by molar-refractivity contribution is -0.133. The Balaban J connectivity index is 4.23. The number of aliphatic hydroxyl groups excluding tert-OH is 1. The summed E-state index contributed by atoms with van der Waals surface area (Å²) in [5.74, 6) is -1.66. The molecule has 0 bridgehead atoms. The number of rotatable bonds is 17.